The van der Waals surface area contributed by atoms with Crippen LogP contribution < -0.4 is 10.6 Å². The number of carbonyl (C=O) groups excluding carboxylic acids is 1. The Kier molecular flexibility index (Phi) is 4.01. The summed E-state index contributed by atoms with van der Waals surface area (Å²) in [7, 11) is 0. The van der Waals surface area contributed by atoms with Gasteiger partial charge in [0.05, 0.1) is 17.1 Å². The van der Waals surface area contributed by atoms with Crippen molar-refractivity contribution in [3.63, 3.8) is 0 Å². The number of anilines is 1. The first-order chi connectivity index (χ1) is 10.2. The molecule has 0 radical (unpaired) electrons. The molecule has 0 bridgehead atoms. The number of pyridine rings is 1. The topological polar surface area (TPSA) is 59.2 Å². The van der Waals surface area contributed by atoms with Gasteiger partial charge in [-0.3, -0.25) is 9.78 Å². The monoisotopic (exact) mass is 301 g/mol. The van der Waals surface area contributed by atoms with E-state index in [2.05, 4.69) is 22.2 Å². The Balaban J connectivity index is 2.07. The number of hydrogen-bond donors (Lipinski definition) is 1. The van der Waals surface area contributed by atoms with Crippen LogP contribution in [0.1, 0.15) is 12.8 Å². The standard InChI is InChI=1S/C16H19N3OS/c1-21-14-9-18-13-7-3-2-6-12(13)15(14)19-8-4-5-11(10-19)16(17)20/h2-3,6-7,9,11H,4-5,8,10H2,1H3,(H2,17,20). The SMILES string of the molecule is CSc1cnc2ccccc2c1N1CCCC(C(N)=O)C1. The van der Waals surface area contributed by atoms with Crippen molar-refractivity contribution >= 4 is 34.3 Å². The van der Waals surface area contributed by atoms with Crippen LogP contribution in [-0.4, -0.2) is 30.2 Å². The average molecular weight is 301 g/mol. The number of hydrogen-bond acceptors (Lipinski definition) is 4. The van der Waals surface area contributed by atoms with E-state index >= 15 is 0 Å². The lowest BCUT2D eigenvalue weighted by Gasteiger charge is -2.34. The second-order valence-corrected chi connectivity index (χ2v) is 6.23. The number of rotatable bonds is 3. The van der Waals surface area contributed by atoms with Crippen molar-refractivity contribution in [2.24, 2.45) is 11.7 Å². The number of carbonyl (C=O) groups is 1. The van der Waals surface area contributed by atoms with E-state index in [0.717, 1.165) is 35.2 Å². The maximum Gasteiger partial charge on any atom is 0.222 e. The Labute approximate surface area is 128 Å². The van der Waals surface area contributed by atoms with E-state index in [1.807, 2.05) is 24.4 Å². The highest BCUT2D eigenvalue weighted by atomic mass is 32.2. The molecule has 1 aromatic heterocycles. The Hall–Kier alpha value is -1.75. The van der Waals surface area contributed by atoms with E-state index in [-0.39, 0.29) is 11.8 Å². The molecule has 0 spiro atoms. The molecule has 110 valence electrons. The molecule has 1 fully saturated rings. The second kappa shape index (κ2) is 5.93. The minimum Gasteiger partial charge on any atom is -0.369 e. The highest BCUT2D eigenvalue weighted by Crippen LogP contribution is 2.36. The Bertz CT molecular complexity index is 674. The summed E-state index contributed by atoms with van der Waals surface area (Å²) < 4.78 is 0. The van der Waals surface area contributed by atoms with Gasteiger partial charge in [-0.2, -0.15) is 0 Å². The van der Waals surface area contributed by atoms with Crippen LogP contribution in [0.2, 0.25) is 0 Å². The number of aromatic nitrogens is 1. The first-order valence-electron chi connectivity index (χ1n) is 7.16. The molecular weight excluding hydrogens is 282 g/mol. The normalized spacial score (nSPS) is 18.9. The molecule has 1 unspecified atom stereocenters. The van der Waals surface area contributed by atoms with Crippen LogP contribution in [0, 0.1) is 5.92 Å². The number of benzene rings is 1. The Morgan fingerprint density at radius 3 is 3.00 bits per heavy atom. The third kappa shape index (κ3) is 2.70. The minimum atomic E-state index is -0.191. The van der Waals surface area contributed by atoms with Gasteiger partial charge >= 0.3 is 0 Å². The highest BCUT2D eigenvalue weighted by molar-refractivity contribution is 7.98. The van der Waals surface area contributed by atoms with Gasteiger partial charge in [0.1, 0.15) is 0 Å². The predicted molar refractivity (Wildman–Crippen MR) is 87.7 cm³/mol. The molecule has 4 nitrogen and oxygen atoms in total. The lowest BCUT2D eigenvalue weighted by Crippen LogP contribution is -2.41. The van der Waals surface area contributed by atoms with Gasteiger partial charge in [0.25, 0.3) is 0 Å². The fraction of sp³-hybridized carbons (Fsp3) is 0.375. The summed E-state index contributed by atoms with van der Waals surface area (Å²) in [4.78, 5) is 19.5. The lowest BCUT2D eigenvalue weighted by molar-refractivity contribution is -0.122. The fourth-order valence-corrected chi connectivity index (χ4v) is 3.59. The van der Waals surface area contributed by atoms with Crippen LogP contribution in [0.5, 0.6) is 0 Å². The Morgan fingerprint density at radius 2 is 2.24 bits per heavy atom. The van der Waals surface area contributed by atoms with Gasteiger partial charge in [0.2, 0.25) is 5.91 Å². The van der Waals surface area contributed by atoms with Crippen LogP contribution in [0.3, 0.4) is 0 Å². The molecule has 1 aliphatic rings. The van der Waals surface area contributed by atoms with Crippen LogP contribution in [0.25, 0.3) is 10.9 Å². The van der Waals surface area contributed by atoms with Crippen molar-refractivity contribution in [3.8, 4) is 0 Å². The quantitative estimate of drug-likeness (QED) is 0.886. The highest BCUT2D eigenvalue weighted by Gasteiger charge is 2.26. The van der Waals surface area contributed by atoms with Gasteiger partial charge in [0.15, 0.2) is 0 Å². The lowest BCUT2D eigenvalue weighted by atomic mass is 9.96. The molecule has 2 heterocycles. The molecule has 1 amide bonds. The smallest absolute Gasteiger partial charge is 0.222 e. The number of primary amides is 1. The van der Waals surface area contributed by atoms with Crippen LogP contribution in [0.15, 0.2) is 35.4 Å². The molecule has 0 aliphatic carbocycles. The zero-order chi connectivity index (χ0) is 14.8. The maximum absolute atomic E-state index is 11.5. The van der Waals surface area contributed by atoms with Crippen molar-refractivity contribution in [1.29, 1.82) is 0 Å². The van der Waals surface area contributed by atoms with Crippen molar-refractivity contribution in [3.05, 3.63) is 30.5 Å². The number of nitrogens with zero attached hydrogens (tertiary/aromatic N) is 2. The molecular formula is C16H19N3OS. The Morgan fingerprint density at radius 1 is 1.43 bits per heavy atom. The third-order valence-corrected chi connectivity index (χ3v) is 4.81. The minimum absolute atomic E-state index is 0.0552. The predicted octanol–water partition coefficient (Wildman–Crippen LogP) is 2.66. The summed E-state index contributed by atoms with van der Waals surface area (Å²) in [5.74, 6) is -0.246. The molecule has 3 rings (SSSR count). The fourth-order valence-electron chi connectivity index (χ4n) is 3.00. The summed E-state index contributed by atoms with van der Waals surface area (Å²) in [6.07, 6.45) is 5.88. The molecule has 2 aromatic rings. The molecule has 0 saturated carbocycles. The number of nitrogens with two attached hydrogens (primary N) is 1. The van der Waals surface area contributed by atoms with E-state index in [9.17, 15) is 4.79 Å². The summed E-state index contributed by atoms with van der Waals surface area (Å²) in [6.45, 7) is 1.67. The maximum atomic E-state index is 11.5. The van der Waals surface area contributed by atoms with Crippen molar-refractivity contribution in [1.82, 2.24) is 4.98 Å². The van der Waals surface area contributed by atoms with Gasteiger partial charge in [-0.05, 0) is 25.2 Å². The van der Waals surface area contributed by atoms with E-state index in [0.29, 0.717) is 6.54 Å². The zero-order valence-electron chi connectivity index (χ0n) is 12.1. The molecule has 1 saturated heterocycles. The molecule has 1 aliphatic heterocycles. The second-order valence-electron chi connectivity index (χ2n) is 5.38. The summed E-state index contributed by atoms with van der Waals surface area (Å²) in [5, 5.41) is 1.15. The van der Waals surface area contributed by atoms with Crippen molar-refractivity contribution in [2.75, 3.05) is 24.2 Å². The summed E-state index contributed by atoms with van der Waals surface area (Å²) in [5.41, 5.74) is 7.69. The van der Waals surface area contributed by atoms with Crippen LogP contribution in [0.4, 0.5) is 5.69 Å². The van der Waals surface area contributed by atoms with Gasteiger partial charge in [0, 0.05) is 29.6 Å². The van der Waals surface area contributed by atoms with Crippen molar-refractivity contribution < 1.29 is 4.79 Å². The summed E-state index contributed by atoms with van der Waals surface area (Å²) in [6, 6.07) is 8.16. The molecule has 5 heteroatoms. The first kappa shape index (κ1) is 14.2. The van der Waals surface area contributed by atoms with E-state index < -0.39 is 0 Å². The molecule has 2 N–H and O–H groups in total. The largest absolute Gasteiger partial charge is 0.369 e. The van der Waals surface area contributed by atoms with E-state index in [4.69, 9.17) is 5.73 Å². The third-order valence-electron chi connectivity index (χ3n) is 4.07. The van der Waals surface area contributed by atoms with E-state index in [1.54, 1.807) is 11.8 Å². The van der Waals surface area contributed by atoms with Crippen molar-refractivity contribution in [2.45, 2.75) is 17.7 Å². The van der Waals surface area contributed by atoms with Crippen LogP contribution >= 0.6 is 11.8 Å². The number of piperidine rings is 1. The first-order valence-corrected chi connectivity index (χ1v) is 8.39. The number of fused-ring (bicyclic) bond motifs is 1. The number of thioether (sulfide) groups is 1. The molecule has 21 heavy (non-hydrogen) atoms. The van der Waals surface area contributed by atoms with Gasteiger partial charge in [-0.1, -0.05) is 18.2 Å². The van der Waals surface area contributed by atoms with Gasteiger partial charge in [-0.15, -0.1) is 11.8 Å². The molecule has 1 aromatic carbocycles. The number of amides is 1. The zero-order valence-corrected chi connectivity index (χ0v) is 12.9. The van der Waals surface area contributed by atoms with Gasteiger partial charge in [-0.25, -0.2) is 0 Å². The van der Waals surface area contributed by atoms with Crippen LogP contribution in [-0.2, 0) is 4.79 Å². The number of para-hydroxylation sites is 1. The van der Waals surface area contributed by atoms with E-state index in [1.165, 1.54) is 5.69 Å². The average Bonchev–Trinajstić information content (AvgIpc) is 2.53. The summed E-state index contributed by atoms with van der Waals surface area (Å²) >= 11 is 1.69. The van der Waals surface area contributed by atoms with Gasteiger partial charge < -0.3 is 10.6 Å². The molecule has 1 atom stereocenters.